The highest BCUT2D eigenvalue weighted by atomic mass is 16.5. The van der Waals surface area contributed by atoms with Crippen LogP contribution in [-0.2, 0) is 10.8 Å². The first kappa shape index (κ1) is 23.9. The van der Waals surface area contributed by atoms with Crippen molar-refractivity contribution < 1.29 is 9.15 Å². The van der Waals surface area contributed by atoms with Crippen molar-refractivity contribution in [2.45, 2.75) is 65.2 Å². The van der Waals surface area contributed by atoms with Crippen LogP contribution in [0.3, 0.4) is 0 Å². The molecule has 5 aromatic rings. The van der Waals surface area contributed by atoms with E-state index in [1.165, 1.54) is 56.9 Å². The average molecular weight is 523 g/mol. The molecule has 3 heterocycles. The second kappa shape index (κ2) is 7.84. The van der Waals surface area contributed by atoms with E-state index in [-0.39, 0.29) is 17.5 Å². The van der Waals surface area contributed by atoms with Crippen molar-refractivity contribution >= 4 is 51.3 Å². The van der Waals surface area contributed by atoms with Gasteiger partial charge in [0.05, 0.1) is 0 Å². The van der Waals surface area contributed by atoms with Crippen LogP contribution in [0.25, 0.3) is 11.0 Å². The van der Waals surface area contributed by atoms with Gasteiger partial charge < -0.3 is 9.15 Å². The topological polar surface area (TPSA) is 25.6 Å². The third-order valence-electron chi connectivity index (χ3n) is 9.69. The number of para-hydroxylation sites is 1. The summed E-state index contributed by atoms with van der Waals surface area (Å²) in [6.45, 7) is 13.9. The third-order valence-corrected chi connectivity index (χ3v) is 9.69. The van der Waals surface area contributed by atoms with E-state index in [9.17, 15) is 0 Å². The molecule has 0 fully saturated rings. The molecule has 0 saturated carbocycles. The van der Waals surface area contributed by atoms with Gasteiger partial charge in [0.2, 0.25) is 5.88 Å². The average Bonchev–Trinajstić information content (AvgIpc) is 3.29. The molecule has 4 heteroatoms. The lowest BCUT2D eigenvalue weighted by molar-refractivity contribution is 0.332. The highest BCUT2D eigenvalue weighted by molar-refractivity contribution is 7.00. The van der Waals surface area contributed by atoms with Gasteiger partial charge in [-0.3, -0.25) is 4.90 Å². The lowest BCUT2D eigenvalue weighted by Crippen LogP contribution is -2.59. The molecule has 8 rings (SSSR count). The minimum absolute atomic E-state index is 0.0397. The van der Waals surface area contributed by atoms with Gasteiger partial charge in [0.1, 0.15) is 17.1 Å². The van der Waals surface area contributed by atoms with E-state index in [0.29, 0.717) is 0 Å². The maximum atomic E-state index is 6.84. The van der Waals surface area contributed by atoms with Gasteiger partial charge in [0.15, 0.2) is 0 Å². The molecule has 0 saturated heterocycles. The van der Waals surface area contributed by atoms with Gasteiger partial charge in [-0.25, -0.2) is 0 Å². The maximum Gasteiger partial charge on any atom is 0.261 e. The standard InChI is InChI=1S/C36H34BNO2/c1-21-11-14-29-24(17-21)32-34(40-29)38(23-12-13-25-26(20-23)36(5,6)16-15-35(25,3)4)28-18-22(2)19-31-33(28)37(32)27-9-7-8-10-30(27)39-31/h7-14,17-20H,15-16H2,1-6H3. The Labute approximate surface area is 236 Å². The summed E-state index contributed by atoms with van der Waals surface area (Å²) in [6.07, 6.45) is 2.38. The molecular formula is C36H34BNO2. The smallest absolute Gasteiger partial charge is 0.261 e. The maximum absolute atomic E-state index is 6.84. The molecule has 198 valence electrons. The van der Waals surface area contributed by atoms with Crippen LogP contribution < -0.4 is 26.0 Å². The van der Waals surface area contributed by atoms with E-state index in [4.69, 9.17) is 9.15 Å². The summed E-state index contributed by atoms with van der Waals surface area (Å²) >= 11 is 0. The molecule has 1 aromatic heterocycles. The fourth-order valence-electron chi connectivity index (χ4n) is 7.44. The summed E-state index contributed by atoms with van der Waals surface area (Å²) in [5.74, 6) is 2.78. The summed E-state index contributed by atoms with van der Waals surface area (Å²) in [4.78, 5) is 2.36. The van der Waals surface area contributed by atoms with Gasteiger partial charge in [-0.15, -0.1) is 0 Å². The summed E-state index contributed by atoms with van der Waals surface area (Å²) < 4.78 is 13.5. The zero-order chi connectivity index (χ0) is 27.6. The Morgan fingerprint density at radius 2 is 1.50 bits per heavy atom. The number of furan rings is 1. The van der Waals surface area contributed by atoms with Crippen molar-refractivity contribution in [3.05, 3.63) is 95.1 Å². The molecule has 0 atom stereocenters. The van der Waals surface area contributed by atoms with Crippen molar-refractivity contribution in [1.82, 2.24) is 0 Å². The Morgan fingerprint density at radius 3 is 2.33 bits per heavy atom. The third kappa shape index (κ3) is 3.19. The van der Waals surface area contributed by atoms with E-state index >= 15 is 0 Å². The van der Waals surface area contributed by atoms with Crippen LogP contribution in [0, 0.1) is 13.8 Å². The Balaban J connectivity index is 1.46. The molecule has 0 amide bonds. The SMILES string of the molecule is Cc1cc2c3c(c1)N(c1ccc4c(c1)C(C)(C)CCC4(C)C)c1oc4ccc(C)cc4c1B3c1ccccc1O2. The summed E-state index contributed by atoms with van der Waals surface area (Å²) in [5, 5.41) is 1.18. The second-order valence-corrected chi connectivity index (χ2v) is 13.4. The molecule has 0 bridgehead atoms. The van der Waals surface area contributed by atoms with E-state index < -0.39 is 0 Å². The minimum atomic E-state index is 0.0397. The van der Waals surface area contributed by atoms with Crippen molar-refractivity contribution in [1.29, 1.82) is 0 Å². The summed E-state index contributed by atoms with van der Waals surface area (Å²) in [7, 11) is 0. The van der Waals surface area contributed by atoms with E-state index in [1.807, 2.05) is 0 Å². The van der Waals surface area contributed by atoms with Gasteiger partial charge in [-0.1, -0.05) is 63.6 Å². The first-order valence-electron chi connectivity index (χ1n) is 14.5. The molecule has 40 heavy (non-hydrogen) atoms. The highest BCUT2D eigenvalue weighted by Crippen LogP contribution is 2.49. The van der Waals surface area contributed by atoms with Crippen LogP contribution in [0.15, 0.2) is 77.2 Å². The molecular weight excluding hydrogens is 489 g/mol. The highest BCUT2D eigenvalue weighted by Gasteiger charge is 2.45. The number of hydrogen-bond acceptors (Lipinski definition) is 3. The molecule has 0 unspecified atom stereocenters. The van der Waals surface area contributed by atoms with Crippen LogP contribution in [-0.4, -0.2) is 6.71 Å². The van der Waals surface area contributed by atoms with Crippen LogP contribution in [0.4, 0.5) is 17.3 Å². The fraction of sp³-hybridized carbons (Fsp3) is 0.278. The molecule has 2 aliphatic heterocycles. The Hall–Kier alpha value is -3.92. The number of rotatable bonds is 1. The van der Waals surface area contributed by atoms with Crippen molar-refractivity contribution in [3.8, 4) is 11.5 Å². The first-order chi connectivity index (χ1) is 19.1. The van der Waals surface area contributed by atoms with Gasteiger partial charge >= 0.3 is 0 Å². The fourth-order valence-corrected chi connectivity index (χ4v) is 7.44. The molecule has 0 N–H and O–H groups in total. The number of hydrogen-bond donors (Lipinski definition) is 0. The number of ether oxygens (including phenoxy) is 1. The number of fused-ring (bicyclic) bond motifs is 7. The lowest BCUT2D eigenvalue weighted by Gasteiger charge is -2.43. The zero-order valence-electron chi connectivity index (χ0n) is 24.2. The summed E-state index contributed by atoms with van der Waals surface area (Å²) in [6, 6.07) is 26.6. The van der Waals surface area contributed by atoms with Crippen LogP contribution >= 0.6 is 0 Å². The van der Waals surface area contributed by atoms with Gasteiger partial charge in [0, 0.05) is 22.2 Å². The van der Waals surface area contributed by atoms with E-state index in [2.05, 4.69) is 119 Å². The van der Waals surface area contributed by atoms with Gasteiger partial charge in [-0.05, 0) is 108 Å². The molecule has 4 aromatic carbocycles. The Kier molecular flexibility index (Phi) is 4.69. The minimum Gasteiger partial charge on any atom is -0.458 e. The largest absolute Gasteiger partial charge is 0.458 e. The Morgan fingerprint density at radius 1 is 0.725 bits per heavy atom. The van der Waals surface area contributed by atoms with Crippen LogP contribution in [0.1, 0.15) is 62.8 Å². The molecule has 0 radical (unpaired) electrons. The van der Waals surface area contributed by atoms with E-state index in [0.717, 1.165) is 34.3 Å². The number of benzene rings is 4. The number of aryl methyl sites for hydroxylation is 2. The molecule has 1 aliphatic carbocycles. The van der Waals surface area contributed by atoms with E-state index in [1.54, 1.807) is 0 Å². The monoisotopic (exact) mass is 523 g/mol. The van der Waals surface area contributed by atoms with Crippen molar-refractivity contribution in [2.24, 2.45) is 0 Å². The summed E-state index contributed by atoms with van der Waals surface area (Å²) in [5.41, 5.74) is 12.4. The second-order valence-electron chi connectivity index (χ2n) is 13.4. The van der Waals surface area contributed by atoms with Gasteiger partial charge in [-0.2, -0.15) is 0 Å². The predicted molar refractivity (Wildman–Crippen MR) is 167 cm³/mol. The lowest BCUT2D eigenvalue weighted by atomic mass is 9.34. The number of anilines is 3. The van der Waals surface area contributed by atoms with Crippen LogP contribution in [0.2, 0.25) is 0 Å². The van der Waals surface area contributed by atoms with Crippen LogP contribution in [0.5, 0.6) is 11.5 Å². The van der Waals surface area contributed by atoms with Crippen molar-refractivity contribution in [2.75, 3.05) is 4.90 Å². The molecule has 0 spiro atoms. The number of nitrogens with zero attached hydrogens (tertiary/aromatic N) is 1. The van der Waals surface area contributed by atoms with Gasteiger partial charge in [0.25, 0.3) is 6.71 Å². The molecule has 3 aliphatic rings. The normalized spacial score (nSPS) is 17.6. The molecule has 3 nitrogen and oxygen atoms in total. The quantitative estimate of drug-likeness (QED) is 0.205. The predicted octanol–water partition coefficient (Wildman–Crippen LogP) is 7.80. The van der Waals surface area contributed by atoms with Crippen molar-refractivity contribution in [3.63, 3.8) is 0 Å². The zero-order valence-corrected chi connectivity index (χ0v) is 24.2. The Bertz CT molecular complexity index is 1880. The first-order valence-corrected chi connectivity index (χ1v) is 14.5.